The molecule has 0 saturated heterocycles. The monoisotopic (exact) mass is 469 g/mol. The van der Waals surface area contributed by atoms with Gasteiger partial charge in [-0.15, -0.1) is 0 Å². The molecule has 4 aromatic rings. The third-order valence-corrected chi connectivity index (χ3v) is 7.68. The Hall–Kier alpha value is -2.57. The molecule has 0 aliphatic heterocycles. The second kappa shape index (κ2) is 7.35. The van der Waals surface area contributed by atoms with Crippen molar-refractivity contribution >= 4 is 36.9 Å². The molecule has 0 radical (unpaired) electrons. The van der Waals surface area contributed by atoms with Crippen LogP contribution in [0.25, 0.3) is 22.2 Å². The molecule has 0 aliphatic rings. The summed E-state index contributed by atoms with van der Waals surface area (Å²) in [6.07, 6.45) is 0. The molecule has 0 bridgehead atoms. The van der Waals surface area contributed by atoms with Gasteiger partial charge in [-0.05, 0) is 51.7 Å². The van der Waals surface area contributed by atoms with Crippen molar-refractivity contribution in [1.82, 2.24) is 3.97 Å². The molecule has 1 aromatic heterocycles. The topological polar surface area (TPSA) is 59.3 Å². The van der Waals surface area contributed by atoms with Crippen LogP contribution in [0, 0.1) is 0 Å². The Bertz CT molecular complexity index is 1310. The summed E-state index contributed by atoms with van der Waals surface area (Å²) in [6, 6.07) is 21.3. The van der Waals surface area contributed by atoms with Gasteiger partial charge in [0.1, 0.15) is 16.3 Å². The van der Waals surface area contributed by atoms with Crippen LogP contribution >= 0.6 is 15.9 Å². The van der Waals surface area contributed by atoms with E-state index >= 15 is 0 Å². The van der Waals surface area contributed by atoms with Gasteiger partial charge >= 0.3 is 0 Å². The number of fused-ring (bicyclic) bond motifs is 1. The molecule has 4 rings (SSSR count). The number of benzene rings is 3. The van der Waals surface area contributed by atoms with Gasteiger partial charge in [0, 0.05) is 15.4 Å². The fraction of sp³-hybridized carbons (Fsp3) is 0.130. The van der Waals surface area contributed by atoms with Gasteiger partial charge in [0.2, 0.25) is 0 Å². The zero-order chi connectivity index (χ0) is 20.8. The minimum Gasteiger partial charge on any atom is -0.505 e. The van der Waals surface area contributed by atoms with Crippen molar-refractivity contribution in [1.29, 1.82) is 0 Å². The molecule has 1 heterocycles. The van der Waals surface area contributed by atoms with Crippen LogP contribution in [-0.2, 0) is 10.0 Å². The Morgan fingerprint density at radius 1 is 0.931 bits per heavy atom. The Morgan fingerprint density at radius 2 is 1.59 bits per heavy atom. The molecule has 0 saturated carbocycles. The van der Waals surface area contributed by atoms with Crippen molar-refractivity contribution in [3.8, 4) is 17.0 Å². The van der Waals surface area contributed by atoms with Gasteiger partial charge in [0.05, 0.1) is 5.52 Å². The van der Waals surface area contributed by atoms with Gasteiger partial charge in [0.15, 0.2) is 0 Å². The third-order valence-electron chi connectivity index (χ3n) is 4.99. The summed E-state index contributed by atoms with van der Waals surface area (Å²) in [5.74, 6) is 0.227. The highest BCUT2D eigenvalue weighted by atomic mass is 79.9. The molecule has 4 nitrogen and oxygen atoms in total. The molecule has 0 amide bonds. The lowest BCUT2D eigenvalue weighted by Crippen LogP contribution is -2.15. The fourth-order valence-corrected chi connectivity index (χ4v) is 6.08. The first-order valence-electron chi connectivity index (χ1n) is 9.25. The maximum atomic E-state index is 13.8. The van der Waals surface area contributed by atoms with E-state index in [2.05, 4.69) is 29.8 Å². The Labute approximate surface area is 178 Å². The highest BCUT2D eigenvalue weighted by Crippen LogP contribution is 2.42. The summed E-state index contributed by atoms with van der Waals surface area (Å²) < 4.78 is 29.3. The molecule has 3 aromatic carbocycles. The van der Waals surface area contributed by atoms with E-state index in [0.717, 1.165) is 5.56 Å². The maximum absolute atomic E-state index is 13.8. The second-order valence-electron chi connectivity index (χ2n) is 7.19. The average Bonchev–Trinajstić information content (AvgIpc) is 3.02. The standard InChI is InChI=1S/C23H20BrNO3S/c1-15(2)17-12-13-21(19(24)14-17)29(27,28)25-20-11-7-6-10-18(20)23(26)22(25)16-8-4-3-5-9-16/h3-15,26H,1-2H3. The van der Waals surface area contributed by atoms with Gasteiger partial charge < -0.3 is 5.11 Å². The molecule has 148 valence electrons. The number of hydrogen-bond donors (Lipinski definition) is 1. The smallest absolute Gasteiger partial charge is 0.269 e. The van der Waals surface area contributed by atoms with Crippen LogP contribution in [0.4, 0.5) is 0 Å². The Kier molecular flexibility index (Phi) is 5.00. The zero-order valence-electron chi connectivity index (χ0n) is 16.0. The first-order valence-corrected chi connectivity index (χ1v) is 11.5. The summed E-state index contributed by atoms with van der Waals surface area (Å²) >= 11 is 3.45. The van der Waals surface area contributed by atoms with Crippen molar-refractivity contribution in [3.05, 3.63) is 82.8 Å². The van der Waals surface area contributed by atoms with Gasteiger partial charge in [-0.25, -0.2) is 12.4 Å². The molecule has 0 fully saturated rings. The van der Waals surface area contributed by atoms with E-state index in [9.17, 15) is 13.5 Å². The largest absolute Gasteiger partial charge is 0.505 e. The summed E-state index contributed by atoms with van der Waals surface area (Å²) in [7, 11) is -3.99. The Balaban J connectivity index is 2.06. The summed E-state index contributed by atoms with van der Waals surface area (Å²) in [5.41, 5.74) is 2.36. The van der Waals surface area contributed by atoms with E-state index in [0.29, 0.717) is 20.9 Å². The van der Waals surface area contributed by atoms with Crippen LogP contribution in [0.2, 0.25) is 0 Å². The molecular weight excluding hydrogens is 450 g/mol. The number of halogens is 1. The average molecular weight is 470 g/mol. The zero-order valence-corrected chi connectivity index (χ0v) is 18.4. The lowest BCUT2D eigenvalue weighted by Gasteiger charge is -2.15. The van der Waals surface area contributed by atoms with Crippen molar-refractivity contribution < 1.29 is 13.5 Å². The highest BCUT2D eigenvalue weighted by molar-refractivity contribution is 9.10. The molecule has 6 heteroatoms. The summed E-state index contributed by atoms with van der Waals surface area (Å²) in [6.45, 7) is 4.11. The van der Waals surface area contributed by atoms with Gasteiger partial charge in [-0.1, -0.05) is 62.4 Å². The van der Waals surface area contributed by atoms with Crippen LogP contribution in [0.15, 0.2) is 82.2 Å². The van der Waals surface area contributed by atoms with Crippen LogP contribution < -0.4 is 0 Å². The van der Waals surface area contributed by atoms with Crippen molar-refractivity contribution in [2.75, 3.05) is 0 Å². The lowest BCUT2D eigenvalue weighted by molar-refractivity contribution is 0.482. The van der Waals surface area contributed by atoms with E-state index < -0.39 is 10.0 Å². The fourth-order valence-electron chi connectivity index (χ4n) is 3.48. The first-order chi connectivity index (χ1) is 13.8. The third kappa shape index (κ3) is 3.26. The van der Waals surface area contributed by atoms with Crippen LogP contribution in [0.5, 0.6) is 5.75 Å². The number of rotatable bonds is 4. The van der Waals surface area contributed by atoms with Crippen LogP contribution in [0.1, 0.15) is 25.3 Å². The SMILES string of the molecule is CC(C)c1ccc(S(=O)(=O)n2c(-c3ccccc3)c(O)c3ccccc32)c(Br)c1. The predicted molar refractivity (Wildman–Crippen MR) is 120 cm³/mol. The molecule has 0 atom stereocenters. The predicted octanol–water partition coefficient (Wildman–Crippen LogP) is 6.14. The molecule has 29 heavy (non-hydrogen) atoms. The summed E-state index contributed by atoms with van der Waals surface area (Å²) in [5, 5.41) is 11.4. The second-order valence-corrected chi connectivity index (χ2v) is 9.80. The minimum atomic E-state index is -3.99. The van der Waals surface area contributed by atoms with E-state index in [4.69, 9.17) is 0 Å². The molecular formula is C23H20BrNO3S. The van der Waals surface area contributed by atoms with Crippen molar-refractivity contribution in [2.45, 2.75) is 24.7 Å². The first kappa shape index (κ1) is 19.7. The number of nitrogens with zero attached hydrogens (tertiary/aromatic N) is 1. The molecule has 0 spiro atoms. The number of aromatic nitrogens is 1. The van der Waals surface area contributed by atoms with E-state index in [1.807, 2.05) is 30.3 Å². The maximum Gasteiger partial charge on any atom is 0.269 e. The van der Waals surface area contributed by atoms with Gasteiger partial charge in [-0.3, -0.25) is 0 Å². The Morgan fingerprint density at radius 3 is 2.24 bits per heavy atom. The van der Waals surface area contributed by atoms with E-state index in [1.54, 1.807) is 42.5 Å². The van der Waals surface area contributed by atoms with E-state index in [-0.39, 0.29) is 22.3 Å². The number of aromatic hydroxyl groups is 1. The quantitative estimate of drug-likeness (QED) is 0.390. The van der Waals surface area contributed by atoms with Gasteiger partial charge in [-0.2, -0.15) is 0 Å². The normalized spacial score (nSPS) is 12.0. The molecule has 0 unspecified atom stereocenters. The van der Waals surface area contributed by atoms with Gasteiger partial charge in [0.25, 0.3) is 10.0 Å². The van der Waals surface area contributed by atoms with Crippen LogP contribution in [-0.4, -0.2) is 17.5 Å². The van der Waals surface area contributed by atoms with Crippen LogP contribution in [0.3, 0.4) is 0 Å². The van der Waals surface area contributed by atoms with Crippen molar-refractivity contribution in [3.63, 3.8) is 0 Å². The number of hydrogen-bond acceptors (Lipinski definition) is 3. The number of para-hydroxylation sites is 1. The molecule has 0 aliphatic carbocycles. The minimum absolute atomic E-state index is 0.0506. The van der Waals surface area contributed by atoms with Crippen molar-refractivity contribution in [2.24, 2.45) is 0 Å². The summed E-state index contributed by atoms with van der Waals surface area (Å²) in [4.78, 5) is 0.153. The highest BCUT2D eigenvalue weighted by Gasteiger charge is 2.29. The van der Waals surface area contributed by atoms with E-state index in [1.165, 1.54) is 3.97 Å². The lowest BCUT2D eigenvalue weighted by atomic mass is 10.0. The molecule has 1 N–H and O–H groups in total.